The maximum atomic E-state index is 8.59. The van der Waals surface area contributed by atoms with E-state index in [0.29, 0.717) is 17.6 Å². The highest BCUT2D eigenvalue weighted by atomic mass is 16.4. The van der Waals surface area contributed by atoms with Gasteiger partial charge in [-0.3, -0.25) is 0 Å². The summed E-state index contributed by atoms with van der Waals surface area (Å²) in [6.07, 6.45) is 2.70. The number of amidine groups is 1. The van der Waals surface area contributed by atoms with Gasteiger partial charge >= 0.3 is 0 Å². The first-order chi connectivity index (χ1) is 8.08. The van der Waals surface area contributed by atoms with E-state index >= 15 is 0 Å². The molecule has 1 unspecified atom stereocenters. The van der Waals surface area contributed by atoms with E-state index in [1.54, 1.807) is 12.3 Å². The van der Waals surface area contributed by atoms with E-state index in [1.165, 1.54) is 0 Å². The molecule has 17 heavy (non-hydrogen) atoms. The average molecular weight is 237 g/mol. The molecule has 94 valence electrons. The van der Waals surface area contributed by atoms with Crippen molar-refractivity contribution in [2.75, 3.05) is 18.5 Å². The van der Waals surface area contributed by atoms with Crippen LogP contribution in [0.5, 0.6) is 0 Å². The van der Waals surface area contributed by atoms with Crippen molar-refractivity contribution in [3.8, 4) is 0 Å². The summed E-state index contributed by atoms with van der Waals surface area (Å²) >= 11 is 0. The van der Waals surface area contributed by atoms with Crippen molar-refractivity contribution in [3.63, 3.8) is 0 Å². The molecule has 1 heterocycles. The first kappa shape index (κ1) is 13.2. The van der Waals surface area contributed by atoms with Gasteiger partial charge in [0.2, 0.25) is 5.95 Å². The van der Waals surface area contributed by atoms with Gasteiger partial charge in [0.05, 0.1) is 0 Å². The van der Waals surface area contributed by atoms with Crippen LogP contribution in [0.4, 0.5) is 5.95 Å². The summed E-state index contributed by atoms with van der Waals surface area (Å²) in [5.74, 6) is 1.14. The molecule has 0 bridgehead atoms. The Morgan fingerprint density at radius 1 is 1.65 bits per heavy atom. The molecule has 6 heteroatoms. The zero-order chi connectivity index (χ0) is 12.8. The number of nitrogens with two attached hydrogens (primary N) is 1. The number of anilines is 1. The first-order valence-corrected chi connectivity index (χ1v) is 5.60. The highest BCUT2D eigenvalue weighted by Crippen LogP contribution is 2.10. The Labute approximate surface area is 101 Å². The predicted octanol–water partition coefficient (Wildman–Crippen LogP) is 1.05. The van der Waals surface area contributed by atoms with Crippen molar-refractivity contribution in [2.45, 2.75) is 20.3 Å². The third kappa shape index (κ3) is 3.58. The Morgan fingerprint density at radius 3 is 2.94 bits per heavy atom. The molecule has 0 aromatic carbocycles. The number of oxime groups is 1. The zero-order valence-corrected chi connectivity index (χ0v) is 10.5. The second-order valence-electron chi connectivity index (χ2n) is 4.12. The molecular formula is C11H19N5O. The van der Waals surface area contributed by atoms with Crippen molar-refractivity contribution in [1.29, 1.82) is 0 Å². The van der Waals surface area contributed by atoms with Gasteiger partial charge in [0, 0.05) is 19.8 Å². The SMILES string of the molecule is CCC(C)CN(C)c1nccc(/C(N)=N/O)n1. The number of nitrogens with zero attached hydrogens (tertiary/aromatic N) is 4. The van der Waals surface area contributed by atoms with Gasteiger partial charge in [0.15, 0.2) is 5.84 Å². The van der Waals surface area contributed by atoms with Crippen LogP contribution in [0.3, 0.4) is 0 Å². The summed E-state index contributed by atoms with van der Waals surface area (Å²) in [6, 6.07) is 1.61. The van der Waals surface area contributed by atoms with Gasteiger partial charge in [-0.1, -0.05) is 25.4 Å². The van der Waals surface area contributed by atoms with E-state index in [0.717, 1.165) is 13.0 Å². The third-order valence-electron chi connectivity index (χ3n) is 2.64. The normalized spacial score (nSPS) is 13.5. The number of hydrogen-bond donors (Lipinski definition) is 2. The van der Waals surface area contributed by atoms with Crippen LogP contribution in [0.2, 0.25) is 0 Å². The van der Waals surface area contributed by atoms with Gasteiger partial charge in [0.1, 0.15) is 5.69 Å². The second kappa shape index (κ2) is 6.03. The van der Waals surface area contributed by atoms with Crippen LogP contribution in [0.25, 0.3) is 0 Å². The largest absolute Gasteiger partial charge is 0.409 e. The van der Waals surface area contributed by atoms with Gasteiger partial charge in [-0.25, -0.2) is 9.97 Å². The van der Waals surface area contributed by atoms with Crippen LogP contribution in [-0.4, -0.2) is 34.6 Å². The Balaban J connectivity index is 2.84. The van der Waals surface area contributed by atoms with Crippen molar-refractivity contribution in [1.82, 2.24) is 9.97 Å². The monoisotopic (exact) mass is 237 g/mol. The van der Waals surface area contributed by atoms with E-state index in [2.05, 4.69) is 29.0 Å². The molecule has 0 aliphatic carbocycles. The highest BCUT2D eigenvalue weighted by Gasteiger charge is 2.10. The van der Waals surface area contributed by atoms with Gasteiger partial charge < -0.3 is 15.8 Å². The van der Waals surface area contributed by atoms with Crippen molar-refractivity contribution in [2.24, 2.45) is 16.8 Å². The topological polar surface area (TPSA) is 87.6 Å². The Morgan fingerprint density at radius 2 is 2.35 bits per heavy atom. The third-order valence-corrected chi connectivity index (χ3v) is 2.64. The highest BCUT2D eigenvalue weighted by molar-refractivity contribution is 5.95. The van der Waals surface area contributed by atoms with Gasteiger partial charge in [-0.15, -0.1) is 0 Å². The molecule has 1 rings (SSSR count). The molecule has 1 atom stereocenters. The Hall–Kier alpha value is -1.85. The molecule has 0 amide bonds. The second-order valence-corrected chi connectivity index (χ2v) is 4.12. The standard InChI is InChI=1S/C11H19N5O/c1-4-8(2)7-16(3)11-13-6-5-9(14-11)10(12)15-17/h5-6,8,17H,4,7H2,1-3H3,(H2,12,15). The van der Waals surface area contributed by atoms with Crippen LogP contribution in [-0.2, 0) is 0 Å². The molecule has 0 fully saturated rings. The Bertz CT molecular complexity index is 393. The molecular weight excluding hydrogens is 218 g/mol. The van der Waals surface area contributed by atoms with Gasteiger partial charge in [-0.2, -0.15) is 0 Å². The molecule has 0 radical (unpaired) electrons. The maximum absolute atomic E-state index is 8.59. The number of rotatable bonds is 5. The van der Waals surface area contributed by atoms with E-state index in [1.807, 2.05) is 11.9 Å². The Kier molecular flexibility index (Phi) is 4.68. The van der Waals surface area contributed by atoms with E-state index in [-0.39, 0.29) is 5.84 Å². The lowest BCUT2D eigenvalue weighted by Crippen LogP contribution is -2.26. The fourth-order valence-corrected chi connectivity index (χ4v) is 1.40. The lowest BCUT2D eigenvalue weighted by Gasteiger charge is -2.20. The maximum Gasteiger partial charge on any atom is 0.225 e. The smallest absolute Gasteiger partial charge is 0.225 e. The summed E-state index contributed by atoms with van der Waals surface area (Å²) in [4.78, 5) is 10.4. The van der Waals surface area contributed by atoms with Crippen LogP contribution < -0.4 is 10.6 Å². The average Bonchev–Trinajstić information content (AvgIpc) is 2.37. The summed E-state index contributed by atoms with van der Waals surface area (Å²) in [7, 11) is 1.93. The van der Waals surface area contributed by atoms with E-state index < -0.39 is 0 Å². The van der Waals surface area contributed by atoms with E-state index in [9.17, 15) is 0 Å². The first-order valence-electron chi connectivity index (χ1n) is 5.60. The van der Waals surface area contributed by atoms with Crippen LogP contribution >= 0.6 is 0 Å². The fraction of sp³-hybridized carbons (Fsp3) is 0.545. The molecule has 0 aliphatic heterocycles. The predicted molar refractivity (Wildman–Crippen MR) is 67.3 cm³/mol. The lowest BCUT2D eigenvalue weighted by atomic mass is 10.1. The van der Waals surface area contributed by atoms with E-state index in [4.69, 9.17) is 10.9 Å². The molecule has 1 aromatic heterocycles. The summed E-state index contributed by atoms with van der Waals surface area (Å²) < 4.78 is 0. The van der Waals surface area contributed by atoms with Crippen molar-refractivity contribution < 1.29 is 5.21 Å². The van der Waals surface area contributed by atoms with Crippen molar-refractivity contribution in [3.05, 3.63) is 18.0 Å². The van der Waals surface area contributed by atoms with Crippen LogP contribution in [0.15, 0.2) is 17.4 Å². The number of aromatic nitrogens is 2. The zero-order valence-electron chi connectivity index (χ0n) is 10.5. The van der Waals surface area contributed by atoms with Crippen molar-refractivity contribution >= 4 is 11.8 Å². The van der Waals surface area contributed by atoms with Gasteiger partial charge in [-0.05, 0) is 12.0 Å². The fourth-order valence-electron chi connectivity index (χ4n) is 1.40. The van der Waals surface area contributed by atoms with Gasteiger partial charge in [0.25, 0.3) is 0 Å². The molecule has 6 nitrogen and oxygen atoms in total. The minimum atomic E-state index is -0.00871. The van der Waals surface area contributed by atoms with Crippen LogP contribution in [0.1, 0.15) is 26.0 Å². The lowest BCUT2D eigenvalue weighted by molar-refractivity contribution is 0.318. The molecule has 0 aliphatic rings. The summed E-state index contributed by atoms with van der Waals surface area (Å²) in [6.45, 7) is 5.19. The minimum absolute atomic E-state index is 0.00871. The number of hydrogen-bond acceptors (Lipinski definition) is 5. The summed E-state index contributed by atoms with van der Waals surface area (Å²) in [5, 5.41) is 11.5. The molecule has 3 N–H and O–H groups in total. The quantitative estimate of drug-likeness (QED) is 0.346. The molecule has 0 spiro atoms. The molecule has 1 aromatic rings. The molecule has 0 saturated carbocycles. The minimum Gasteiger partial charge on any atom is -0.409 e. The summed E-state index contributed by atoms with van der Waals surface area (Å²) in [5.41, 5.74) is 5.91. The van der Waals surface area contributed by atoms with Crippen LogP contribution in [0, 0.1) is 5.92 Å². The molecule has 0 saturated heterocycles.